The van der Waals surface area contributed by atoms with Gasteiger partial charge in [0.05, 0.1) is 0 Å². The molecule has 28 heavy (non-hydrogen) atoms. The highest BCUT2D eigenvalue weighted by Crippen LogP contribution is 2.31. The number of rotatable bonds is 7. The third kappa shape index (κ3) is 6.35. The van der Waals surface area contributed by atoms with Crippen molar-refractivity contribution in [2.75, 3.05) is 12.3 Å². The van der Waals surface area contributed by atoms with Gasteiger partial charge in [0.2, 0.25) is 0 Å². The van der Waals surface area contributed by atoms with Gasteiger partial charge in [-0.25, -0.2) is 0 Å². The van der Waals surface area contributed by atoms with Crippen LogP contribution in [0.3, 0.4) is 0 Å². The summed E-state index contributed by atoms with van der Waals surface area (Å²) >= 11 is 4.18. The normalized spacial score (nSPS) is 22.3. The summed E-state index contributed by atoms with van der Waals surface area (Å²) in [6.45, 7) is 4.66. The predicted molar refractivity (Wildman–Crippen MR) is 122 cm³/mol. The fourth-order valence-electron chi connectivity index (χ4n) is 4.09. The fraction of sp³-hybridized carbons (Fsp3) is 0.652. The van der Waals surface area contributed by atoms with E-state index >= 15 is 0 Å². The lowest BCUT2D eigenvalue weighted by Crippen LogP contribution is -2.41. The highest BCUT2D eigenvalue weighted by atomic mass is 32.1. The molecule has 1 saturated carbocycles. The quantitative estimate of drug-likeness (QED) is 0.589. The zero-order valence-electron chi connectivity index (χ0n) is 17.5. The number of carbonyl (C=O) groups is 1. The van der Waals surface area contributed by atoms with E-state index in [-0.39, 0.29) is 5.91 Å². The molecule has 156 valence electrons. The molecule has 2 aliphatic rings. The van der Waals surface area contributed by atoms with Crippen LogP contribution in [0.15, 0.2) is 29.3 Å². The Morgan fingerprint density at radius 1 is 1.29 bits per heavy atom. The summed E-state index contributed by atoms with van der Waals surface area (Å²) in [6, 6.07) is 8.66. The van der Waals surface area contributed by atoms with E-state index in [1.54, 1.807) is 0 Å². The topological polar surface area (TPSA) is 67.5 Å². The molecule has 0 aromatic heterocycles. The van der Waals surface area contributed by atoms with Crippen molar-refractivity contribution in [3.8, 4) is 0 Å². The van der Waals surface area contributed by atoms with Crippen molar-refractivity contribution in [1.29, 1.82) is 0 Å². The second-order valence-electron chi connectivity index (χ2n) is 8.03. The van der Waals surface area contributed by atoms with Gasteiger partial charge in [-0.15, -0.1) is 0 Å². The molecule has 1 atom stereocenters. The molecule has 3 N–H and O–H groups in total. The molecule has 4 nitrogen and oxygen atoms in total. The number of hydrogen-bond donors (Lipinski definition) is 3. The van der Waals surface area contributed by atoms with Crippen LogP contribution in [-0.2, 0) is 11.2 Å². The molecule has 1 aromatic rings. The Balaban J connectivity index is 0.000000221. The minimum Gasteiger partial charge on any atom is -0.330 e. The Morgan fingerprint density at radius 2 is 2.04 bits per heavy atom. The number of aryl methyl sites for hydroxylation is 2. The van der Waals surface area contributed by atoms with Crippen molar-refractivity contribution in [2.45, 2.75) is 77.2 Å². The Morgan fingerprint density at radius 3 is 2.64 bits per heavy atom. The van der Waals surface area contributed by atoms with Gasteiger partial charge >= 0.3 is 0 Å². The lowest BCUT2D eigenvalue weighted by Gasteiger charge is -2.21. The zero-order chi connectivity index (χ0) is 20.4. The van der Waals surface area contributed by atoms with Gasteiger partial charge in [-0.2, -0.15) is 12.6 Å². The predicted octanol–water partition coefficient (Wildman–Crippen LogP) is 4.45. The van der Waals surface area contributed by atoms with Crippen molar-refractivity contribution in [2.24, 2.45) is 16.6 Å². The maximum atomic E-state index is 12.1. The number of thiol groups is 1. The van der Waals surface area contributed by atoms with Crippen LogP contribution in [0.2, 0.25) is 0 Å². The van der Waals surface area contributed by atoms with E-state index in [0.29, 0.717) is 18.9 Å². The molecule has 1 aliphatic heterocycles. The lowest BCUT2D eigenvalue weighted by atomic mass is 9.88. The maximum Gasteiger partial charge on any atom is 0.253 e. The SMILES string of the molecule is CCC1(CCN)N=C(C2CCCCC2)NC1=O.Cc1cccc(CCCS)c1. The monoisotopic (exact) mass is 403 g/mol. The molecule has 0 saturated heterocycles. The first kappa shape index (κ1) is 23.0. The van der Waals surface area contributed by atoms with Crippen molar-refractivity contribution in [3.63, 3.8) is 0 Å². The molecule has 1 heterocycles. The van der Waals surface area contributed by atoms with Gasteiger partial charge < -0.3 is 11.1 Å². The zero-order valence-corrected chi connectivity index (χ0v) is 18.4. The van der Waals surface area contributed by atoms with Gasteiger partial charge in [-0.05, 0) is 63.3 Å². The number of nitrogens with zero attached hydrogens (tertiary/aromatic N) is 1. The van der Waals surface area contributed by atoms with Gasteiger partial charge in [0.1, 0.15) is 11.4 Å². The highest BCUT2D eigenvalue weighted by molar-refractivity contribution is 7.80. The first-order chi connectivity index (χ1) is 13.5. The van der Waals surface area contributed by atoms with Gasteiger partial charge in [-0.1, -0.05) is 56.0 Å². The fourth-order valence-corrected chi connectivity index (χ4v) is 4.24. The van der Waals surface area contributed by atoms with Crippen molar-refractivity contribution in [3.05, 3.63) is 35.4 Å². The van der Waals surface area contributed by atoms with Gasteiger partial charge in [0.25, 0.3) is 5.91 Å². The first-order valence-electron chi connectivity index (χ1n) is 10.8. The summed E-state index contributed by atoms with van der Waals surface area (Å²) in [5.41, 5.74) is 7.82. The summed E-state index contributed by atoms with van der Waals surface area (Å²) in [5, 5.41) is 3.01. The van der Waals surface area contributed by atoms with Gasteiger partial charge in [0.15, 0.2) is 0 Å². The van der Waals surface area contributed by atoms with Crippen LogP contribution in [0.5, 0.6) is 0 Å². The standard InChI is InChI=1S/C13H23N3O.C10H14S/c1-2-13(8-9-14)12(17)15-11(16-13)10-6-4-3-5-7-10;1-9-4-2-5-10(8-9)6-3-7-11/h10H,2-9,14H2,1H3,(H,15,16,17);2,4-5,8,11H,3,6-7H2,1H3. The van der Waals surface area contributed by atoms with Crippen molar-refractivity contribution < 1.29 is 4.79 Å². The summed E-state index contributed by atoms with van der Waals surface area (Å²) in [7, 11) is 0. The molecular formula is C23H37N3OS. The number of hydrogen-bond acceptors (Lipinski definition) is 4. The number of amidine groups is 1. The molecule has 5 heteroatoms. The third-order valence-electron chi connectivity index (χ3n) is 5.84. The molecule has 0 spiro atoms. The Bertz CT molecular complexity index is 655. The van der Waals surface area contributed by atoms with Crippen LogP contribution in [0.4, 0.5) is 0 Å². The van der Waals surface area contributed by atoms with Crippen molar-refractivity contribution in [1.82, 2.24) is 5.32 Å². The summed E-state index contributed by atoms with van der Waals surface area (Å²) in [6.07, 6.45) is 9.91. The van der Waals surface area contributed by atoms with E-state index in [1.807, 2.05) is 6.92 Å². The highest BCUT2D eigenvalue weighted by Gasteiger charge is 2.42. The smallest absolute Gasteiger partial charge is 0.253 e. The van der Waals surface area contributed by atoms with E-state index in [2.05, 4.69) is 49.1 Å². The second-order valence-corrected chi connectivity index (χ2v) is 8.47. The minimum absolute atomic E-state index is 0.0611. The van der Waals surface area contributed by atoms with Crippen LogP contribution in [0.25, 0.3) is 0 Å². The van der Waals surface area contributed by atoms with E-state index in [1.165, 1.54) is 49.7 Å². The molecule has 1 unspecified atom stereocenters. The van der Waals surface area contributed by atoms with Crippen LogP contribution >= 0.6 is 12.6 Å². The average Bonchev–Trinajstić information content (AvgIpc) is 3.05. The van der Waals surface area contributed by atoms with E-state index in [0.717, 1.165) is 24.4 Å². The van der Waals surface area contributed by atoms with Crippen LogP contribution in [0, 0.1) is 12.8 Å². The molecule has 1 aromatic carbocycles. The van der Waals surface area contributed by atoms with Crippen LogP contribution in [0.1, 0.15) is 69.4 Å². The van der Waals surface area contributed by atoms with Crippen LogP contribution in [-0.4, -0.2) is 29.6 Å². The van der Waals surface area contributed by atoms with E-state index in [9.17, 15) is 4.79 Å². The molecule has 1 aliphatic carbocycles. The Hall–Kier alpha value is -1.33. The number of aliphatic imine (C=N–C) groups is 1. The average molecular weight is 404 g/mol. The van der Waals surface area contributed by atoms with Crippen molar-refractivity contribution >= 4 is 24.4 Å². The number of benzene rings is 1. The number of nitrogens with two attached hydrogens (primary N) is 1. The minimum atomic E-state index is -0.568. The van der Waals surface area contributed by atoms with E-state index < -0.39 is 5.54 Å². The molecule has 1 fully saturated rings. The van der Waals surface area contributed by atoms with E-state index in [4.69, 9.17) is 10.7 Å². The number of nitrogens with one attached hydrogen (secondary N) is 1. The number of amides is 1. The Labute approximate surface area is 176 Å². The molecule has 0 bridgehead atoms. The van der Waals surface area contributed by atoms with Gasteiger partial charge in [-0.3, -0.25) is 9.79 Å². The third-order valence-corrected chi connectivity index (χ3v) is 6.16. The summed E-state index contributed by atoms with van der Waals surface area (Å²) < 4.78 is 0. The molecule has 1 amide bonds. The lowest BCUT2D eigenvalue weighted by molar-refractivity contribution is -0.124. The maximum absolute atomic E-state index is 12.1. The summed E-state index contributed by atoms with van der Waals surface area (Å²) in [4.78, 5) is 16.8. The molecular weight excluding hydrogens is 366 g/mol. The first-order valence-corrected chi connectivity index (χ1v) is 11.5. The van der Waals surface area contributed by atoms with Gasteiger partial charge in [0, 0.05) is 5.92 Å². The number of carbonyl (C=O) groups excluding carboxylic acids is 1. The largest absolute Gasteiger partial charge is 0.330 e. The van der Waals surface area contributed by atoms with Crippen LogP contribution < -0.4 is 11.1 Å². The summed E-state index contributed by atoms with van der Waals surface area (Å²) in [5.74, 6) is 2.45. The second kappa shape index (κ2) is 11.6. The Kier molecular flexibility index (Phi) is 9.52. The molecule has 3 rings (SSSR count). The molecule has 0 radical (unpaired) electrons.